The summed E-state index contributed by atoms with van der Waals surface area (Å²) in [7, 11) is 0. The van der Waals surface area contributed by atoms with E-state index < -0.39 is 6.03 Å². The van der Waals surface area contributed by atoms with Gasteiger partial charge < -0.3 is 15.4 Å². The first-order valence-electron chi connectivity index (χ1n) is 11.6. The molecular formula is C28H29N5O3. The summed E-state index contributed by atoms with van der Waals surface area (Å²) in [4.78, 5) is 24.3. The van der Waals surface area contributed by atoms with Gasteiger partial charge in [-0.15, -0.1) is 0 Å². The van der Waals surface area contributed by atoms with Gasteiger partial charge in [0.25, 0.3) is 0 Å². The molecule has 8 nitrogen and oxygen atoms in total. The lowest BCUT2D eigenvalue weighted by molar-refractivity contribution is -0.114. The molecule has 4 rings (SSSR count). The number of urea groups is 1. The minimum atomic E-state index is -0.411. The third-order valence-corrected chi connectivity index (χ3v) is 5.22. The maximum Gasteiger partial charge on any atom is 0.324 e. The zero-order chi connectivity index (χ0) is 25.7. The molecular weight excluding hydrogens is 454 g/mol. The number of rotatable bonds is 6. The molecule has 0 radical (unpaired) electrons. The predicted octanol–water partition coefficient (Wildman–Crippen LogP) is 6.56. The Morgan fingerprint density at radius 1 is 0.778 bits per heavy atom. The van der Waals surface area contributed by atoms with E-state index in [0.717, 1.165) is 11.4 Å². The zero-order valence-corrected chi connectivity index (χ0v) is 20.7. The van der Waals surface area contributed by atoms with E-state index in [1.807, 2.05) is 48.5 Å². The van der Waals surface area contributed by atoms with Gasteiger partial charge in [-0.2, -0.15) is 5.10 Å². The van der Waals surface area contributed by atoms with Crippen LogP contribution in [0.5, 0.6) is 11.5 Å². The molecule has 0 saturated carbocycles. The van der Waals surface area contributed by atoms with Crippen molar-refractivity contribution in [3.05, 3.63) is 90.6 Å². The van der Waals surface area contributed by atoms with Crippen LogP contribution in [-0.4, -0.2) is 21.7 Å². The molecule has 0 aliphatic carbocycles. The van der Waals surface area contributed by atoms with E-state index >= 15 is 0 Å². The normalized spacial score (nSPS) is 11.0. The van der Waals surface area contributed by atoms with Gasteiger partial charge in [-0.1, -0.05) is 45.0 Å². The molecule has 36 heavy (non-hydrogen) atoms. The van der Waals surface area contributed by atoms with Gasteiger partial charge >= 0.3 is 6.03 Å². The molecule has 0 atom stereocenters. The molecule has 0 aliphatic rings. The maximum atomic E-state index is 12.9. The highest BCUT2D eigenvalue weighted by atomic mass is 16.5. The van der Waals surface area contributed by atoms with Gasteiger partial charge in [0.1, 0.15) is 17.3 Å². The largest absolute Gasteiger partial charge is 0.457 e. The van der Waals surface area contributed by atoms with Crippen LogP contribution in [0.4, 0.5) is 22.0 Å². The number of para-hydroxylation sites is 1. The Hall–Kier alpha value is -4.59. The van der Waals surface area contributed by atoms with Crippen LogP contribution in [0.3, 0.4) is 0 Å². The van der Waals surface area contributed by atoms with E-state index in [2.05, 4.69) is 36.7 Å². The van der Waals surface area contributed by atoms with E-state index in [9.17, 15) is 9.59 Å². The number of benzene rings is 3. The summed E-state index contributed by atoms with van der Waals surface area (Å²) in [6.07, 6.45) is 0. The first kappa shape index (κ1) is 24.5. The number of nitrogens with zero attached hydrogens (tertiary/aromatic N) is 2. The average Bonchev–Trinajstić information content (AvgIpc) is 3.25. The first-order valence-corrected chi connectivity index (χ1v) is 11.6. The summed E-state index contributed by atoms with van der Waals surface area (Å²) >= 11 is 0. The minimum absolute atomic E-state index is 0.166. The number of anilines is 3. The molecule has 0 unspecified atom stereocenters. The smallest absolute Gasteiger partial charge is 0.324 e. The molecule has 1 heterocycles. The van der Waals surface area contributed by atoms with Gasteiger partial charge in [0.05, 0.1) is 11.4 Å². The molecule has 0 saturated heterocycles. The molecule has 0 fully saturated rings. The van der Waals surface area contributed by atoms with E-state index in [-0.39, 0.29) is 11.3 Å². The van der Waals surface area contributed by atoms with Crippen molar-refractivity contribution < 1.29 is 14.3 Å². The second-order valence-corrected chi connectivity index (χ2v) is 9.33. The third kappa shape index (κ3) is 6.29. The van der Waals surface area contributed by atoms with Crippen molar-refractivity contribution >= 4 is 29.1 Å². The predicted molar refractivity (Wildman–Crippen MR) is 142 cm³/mol. The van der Waals surface area contributed by atoms with Crippen LogP contribution in [0.2, 0.25) is 0 Å². The van der Waals surface area contributed by atoms with E-state index in [1.165, 1.54) is 6.92 Å². The highest BCUT2D eigenvalue weighted by molar-refractivity contribution is 5.99. The summed E-state index contributed by atoms with van der Waals surface area (Å²) in [5.41, 5.74) is 2.53. The molecule has 3 N–H and O–H groups in total. The Kier molecular flexibility index (Phi) is 7.05. The lowest BCUT2D eigenvalue weighted by Crippen LogP contribution is -2.21. The Labute approximate surface area is 210 Å². The molecule has 8 heteroatoms. The molecule has 184 valence electrons. The maximum absolute atomic E-state index is 12.9. The van der Waals surface area contributed by atoms with Gasteiger partial charge in [0.15, 0.2) is 0 Å². The van der Waals surface area contributed by atoms with Crippen LogP contribution in [0.1, 0.15) is 33.4 Å². The van der Waals surface area contributed by atoms with Gasteiger partial charge in [-0.3, -0.25) is 10.1 Å². The molecule has 3 aromatic carbocycles. The SMILES string of the molecule is CC(=O)Nc1cccc(-n2nc(C(C)(C)C)cc2NC(=O)Nc2ccc(Oc3ccccc3)cc2)c1. The topological polar surface area (TPSA) is 97.3 Å². The van der Waals surface area contributed by atoms with E-state index in [0.29, 0.717) is 28.6 Å². The van der Waals surface area contributed by atoms with Gasteiger partial charge in [0, 0.05) is 29.8 Å². The van der Waals surface area contributed by atoms with Crippen LogP contribution < -0.4 is 20.7 Å². The monoisotopic (exact) mass is 483 g/mol. The van der Waals surface area contributed by atoms with Gasteiger partial charge in [0.2, 0.25) is 5.91 Å². The fourth-order valence-electron chi connectivity index (χ4n) is 3.46. The van der Waals surface area contributed by atoms with Gasteiger partial charge in [-0.25, -0.2) is 9.48 Å². The number of hydrogen-bond acceptors (Lipinski definition) is 4. The Morgan fingerprint density at radius 2 is 1.47 bits per heavy atom. The van der Waals surface area contributed by atoms with Gasteiger partial charge in [-0.05, 0) is 54.6 Å². The third-order valence-electron chi connectivity index (χ3n) is 5.22. The lowest BCUT2D eigenvalue weighted by atomic mass is 9.92. The van der Waals surface area contributed by atoms with Crippen molar-refractivity contribution in [3.63, 3.8) is 0 Å². The van der Waals surface area contributed by atoms with Crippen molar-refractivity contribution in [1.82, 2.24) is 9.78 Å². The second kappa shape index (κ2) is 10.4. The fraction of sp³-hybridized carbons (Fsp3) is 0.179. The molecule has 0 spiro atoms. The summed E-state index contributed by atoms with van der Waals surface area (Å²) in [6, 6.07) is 25.3. The lowest BCUT2D eigenvalue weighted by Gasteiger charge is -2.14. The van der Waals surface area contributed by atoms with Crippen LogP contribution in [0.15, 0.2) is 84.9 Å². The fourth-order valence-corrected chi connectivity index (χ4v) is 3.46. The van der Waals surface area contributed by atoms with E-state index in [4.69, 9.17) is 9.84 Å². The zero-order valence-electron chi connectivity index (χ0n) is 20.7. The Morgan fingerprint density at radius 3 is 2.14 bits per heavy atom. The number of amides is 3. The van der Waals surface area contributed by atoms with E-state index in [1.54, 1.807) is 41.1 Å². The number of nitrogens with one attached hydrogen (secondary N) is 3. The highest BCUT2D eigenvalue weighted by Crippen LogP contribution is 2.28. The number of hydrogen-bond donors (Lipinski definition) is 3. The molecule has 0 aliphatic heterocycles. The van der Waals surface area contributed by atoms with Crippen molar-refractivity contribution in [1.29, 1.82) is 0 Å². The van der Waals surface area contributed by atoms with Crippen molar-refractivity contribution in [3.8, 4) is 17.2 Å². The molecule has 1 aromatic heterocycles. The second-order valence-electron chi connectivity index (χ2n) is 9.33. The quantitative estimate of drug-likeness (QED) is 0.289. The first-order chi connectivity index (χ1) is 17.2. The number of carbonyl (C=O) groups is 2. The summed E-state index contributed by atoms with van der Waals surface area (Å²) < 4.78 is 7.46. The van der Waals surface area contributed by atoms with Crippen LogP contribution >= 0.6 is 0 Å². The summed E-state index contributed by atoms with van der Waals surface area (Å²) in [6.45, 7) is 7.61. The number of carbonyl (C=O) groups excluding carboxylic acids is 2. The van der Waals surface area contributed by atoms with Crippen molar-refractivity contribution in [2.24, 2.45) is 0 Å². The minimum Gasteiger partial charge on any atom is -0.457 e. The summed E-state index contributed by atoms with van der Waals surface area (Å²) in [5.74, 6) is 1.74. The van der Waals surface area contributed by atoms with Crippen molar-refractivity contribution in [2.75, 3.05) is 16.0 Å². The van der Waals surface area contributed by atoms with Crippen molar-refractivity contribution in [2.45, 2.75) is 33.1 Å². The Balaban J connectivity index is 1.51. The van der Waals surface area contributed by atoms with Crippen LogP contribution in [-0.2, 0) is 10.2 Å². The summed E-state index contributed by atoms with van der Waals surface area (Å²) in [5, 5.41) is 13.2. The Bertz CT molecular complexity index is 1360. The molecule has 4 aromatic rings. The van der Waals surface area contributed by atoms with Crippen LogP contribution in [0.25, 0.3) is 5.69 Å². The molecule has 0 bridgehead atoms. The highest BCUT2D eigenvalue weighted by Gasteiger charge is 2.22. The number of aromatic nitrogens is 2. The number of ether oxygens (including phenoxy) is 1. The average molecular weight is 484 g/mol. The standard InChI is InChI=1S/C28H29N5O3/c1-19(34)29-21-9-8-10-22(17-21)33-26(18-25(32-33)28(2,3)4)31-27(35)30-20-13-15-24(16-14-20)36-23-11-6-5-7-12-23/h5-18H,1-4H3,(H,29,34)(H2,30,31,35). The van der Waals surface area contributed by atoms with Crippen LogP contribution in [0, 0.1) is 0 Å². The molecule has 3 amide bonds.